The van der Waals surface area contributed by atoms with E-state index in [0.717, 1.165) is 5.56 Å². The molecule has 2 unspecified atom stereocenters. The third kappa shape index (κ3) is 4.72. The van der Waals surface area contributed by atoms with Crippen LogP contribution < -0.4 is 29.0 Å². The highest BCUT2D eigenvalue weighted by Gasteiger charge is 2.43. The van der Waals surface area contributed by atoms with Gasteiger partial charge >= 0.3 is 0 Å². The number of ether oxygens (including phenoxy) is 5. The number of hydrogen-bond donors (Lipinski definition) is 1. The summed E-state index contributed by atoms with van der Waals surface area (Å²) in [5.41, 5.74) is 2.11. The number of nitrogens with zero attached hydrogens (tertiary/aromatic N) is 1. The van der Waals surface area contributed by atoms with E-state index in [-0.39, 0.29) is 11.8 Å². The van der Waals surface area contributed by atoms with Gasteiger partial charge in [0.2, 0.25) is 5.91 Å². The quantitative estimate of drug-likeness (QED) is 0.487. The van der Waals surface area contributed by atoms with Gasteiger partial charge in [-0.2, -0.15) is 0 Å². The first-order valence-electron chi connectivity index (χ1n) is 11.6. The summed E-state index contributed by atoms with van der Waals surface area (Å²) in [4.78, 5) is 29.2. The summed E-state index contributed by atoms with van der Waals surface area (Å²) in [6.45, 7) is 0. The predicted octanol–water partition coefficient (Wildman–Crippen LogP) is 4.28. The van der Waals surface area contributed by atoms with Crippen molar-refractivity contribution in [3.63, 3.8) is 0 Å². The Balaban J connectivity index is 1.88. The van der Waals surface area contributed by atoms with Gasteiger partial charge in [0.25, 0.3) is 5.91 Å². The van der Waals surface area contributed by atoms with Crippen LogP contribution >= 0.6 is 0 Å². The standard InChI is InChI=1S/C28H30N2O7/c1-30-26(16-7-9-17(33-2)10-8-16)25(19-14-23(36-5)24(37-6)15-20(19)28(30)32)27(31)29-21-13-18(34-3)11-12-22(21)35-4/h7-15,25-26H,1-6H3,(H,29,31). The average molecular weight is 507 g/mol. The molecule has 0 aromatic heterocycles. The summed E-state index contributed by atoms with van der Waals surface area (Å²) in [6.07, 6.45) is 0. The number of methoxy groups -OCH3 is 5. The van der Waals surface area contributed by atoms with E-state index in [1.165, 1.54) is 21.3 Å². The van der Waals surface area contributed by atoms with E-state index in [1.807, 2.05) is 12.1 Å². The summed E-state index contributed by atoms with van der Waals surface area (Å²) >= 11 is 0. The van der Waals surface area contributed by atoms with Gasteiger partial charge in [0.1, 0.15) is 17.2 Å². The van der Waals surface area contributed by atoms with Gasteiger partial charge in [0.05, 0.1) is 53.2 Å². The number of anilines is 1. The van der Waals surface area contributed by atoms with Crippen LogP contribution in [0.5, 0.6) is 28.7 Å². The number of fused-ring (bicyclic) bond motifs is 1. The zero-order valence-corrected chi connectivity index (χ0v) is 21.7. The predicted molar refractivity (Wildman–Crippen MR) is 138 cm³/mol. The Morgan fingerprint density at radius 2 is 1.35 bits per heavy atom. The van der Waals surface area contributed by atoms with Crippen LogP contribution in [0, 0.1) is 0 Å². The maximum atomic E-state index is 14.1. The summed E-state index contributed by atoms with van der Waals surface area (Å²) in [6, 6.07) is 15.2. The van der Waals surface area contributed by atoms with Crippen LogP contribution in [0.15, 0.2) is 54.6 Å². The summed E-state index contributed by atoms with van der Waals surface area (Å²) in [5.74, 6) is 1.17. The largest absolute Gasteiger partial charge is 0.497 e. The first kappa shape index (κ1) is 25.7. The molecule has 0 fully saturated rings. The van der Waals surface area contributed by atoms with Gasteiger partial charge in [-0.3, -0.25) is 9.59 Å². The lowest BCUT2D eigenvalue weighted by atomic mass is 9.79. The van der Waals surface area contributed by atoms with Crippen LogP contribution in [-0.4, -0.2) is 59.3 Å². The Labute approximate surface area is 215 Å². The molecular weight excluding hydrogens is 476 g/mol. The minimum Gasteiger partial charge on any atom is -0.497 e. The third-order valence-electron chi connectivity index (χ3n) is 6.58. The fourth-order valence-electron chi connectivity index (χ4n) is 4.67. The molecule has 3 aromatic carbocycles. The summed E-state index contributed by atoms with van der Waals surface area (Å²) in [7, 11) is 9.35. The summed E-state index contributed by atoms with van der Waals surface area (Å²) < 4.78 is 27.0. The van der Waals surface area contributed by atoms with Crippen LogP contribution in [0.2, 0.25) is 0 Å². The number of hydrogen-bond acceptors (Lipinski definition) is 7. The number of nitrogens with one attached hydrogen (secondary N) is 1. The van der Waals surface area contributed by atoms with Crippen molar-refractivity contribution in [1.29, 1.82) is 0 Å². The highest BCUT2D eigenvalue weighted by atomic mass is 16.5. The molecule has 9 nitrogen and oxygen atoms in total. The van der Waals surface area contributed by atoms with Crippen LogP contribution in [0.1, 0.15) is 33.4 Å². The van der Waals surface area contributed by atoms with Crippen molar-refractivity contribution in [3.8, 4) is 28.7 Å². The summed E-state index contributed by atoms with van der Waals surface area (Å²) in [5, 5.41) is 2.99. The topological polar surface area (TPSA) is 95.6 Å². The van der Waals surface area contributed by atoms with Crippen molar-refractivity contribution in [2.24, 2.45) is 0 Å². The van der Waals surface area contributed by atoms with Crippen molar-refractivity contribution >= 4 is 17.5 Å². The highest BCUT2D eigenvalue weighted by Crippen LogP contribution is 2.46. The number of carbonyl (C=O) groups is 2. The number of benzene rings is 3. The maximum Gasteiger partial charge on any atom is 0.254 e. The Hall–Kier alpha value is -4.40. The molecular formula is C28H30N2O7. The molecule has 0 radical (unpaired) electrons. The molecule has 1 N–H and O–H groups in total. The molecule has 37 heavy (non-hydrogen) atoms. The van der Waals surface area contributed by atoms with E-state index in [0.29, 0.717) is 45.6 Å². The minimum atomic E-state index is -0.790. The van der Waals surface area contributed by atoms with Crippen molar-refractivity contribution in [3.05, 3.63) is 71.3 Å². The Bertz CT molecular complexity index is 1310. The Kier molecular flexibility index (Phi) is 7.42. The first-order valence-corrected chi connectivity index (χ1v) is 11.6. The first-order chi connectivity index (χ1) is 17.9. The molecule has 1 aliphatic rings. The molecule has 4 rings (SSSR count). The number of amides is 2. The van der Waals surface area contributed by atoms with E-state index < -0.39 is 12.0 Å². The van der Waals surface area contributed by atoms with Crippen molar-refractivity contribution < 1.29 is 33.3 Å². The molecule has 2 amide bonds. The molecule has 0 spiro atoms. The second-order valence-electron chi connectivity index (χ2n) is 8.46. The SMILES string of the molecule is COc1ccc(C2C(C(=O)Nc3cc(OC)ccc3OC)c3cc(OC)c(OC)cc3C(=O)N2C)cc1. The zero-order chi connectivity index (χ0) is 26.7. The van der Waals surface area contributed by atoms with Crippen molar-refractivity contribution in [1.82, 2.24) is 4.90 Å². The van der Waals surface area contributed by atoms with Gasteiger partial charge in [0.15, 0.2) is 11.5 Å². The normalized spacial score (nSPS) is 16.5. The second-order valence-corrected chi connectivity index (χ2v) is 8.46. The lowest BCUT2D eigenvalue weighted by Gasteiger charge is -2.40. The van der Waals surface area contributed by atoms with E-state index in [1.54, 1.807) is 68.6 Å². The average Bonchev–Trinajstić information content (AvgIpc) is 2.93. The Morgan fingerprint density at radius 3 is 1.95 bits per heavy atom. The molecule has 9 heteroatoms. The van der Waals surface area contributed by atoms with E-state index in [9.17, 15) is 9.59 Å². The fourth-order valence-corrected chi connectivity index (χ4v) is 4.67. The van der Waals surface area contributed by atoms with Gasteiger partial charge in [0, 0.05) is 18.7 Å². The third-order valence-corrected chi connectivity index (χ3v) is 6.58. The highest BCUT2D eigenvalue weighted by molar-refractivity contribution is 6.05. The molecule has 0 bridgehead atoms. The van der Waals surface area contributed by atoms with Crippen LogP contribution in [-0.2, 0) is 4.79 Å². The molecule has 0 aliphatic carbocycles. The molecule has 1 heterocycles. The zero-order valence-electron chi connectivity index (χ0n) is 21.7. The van der Waals surface area contributed by atoms with Crippen molar-refractivity contribution in [2.75, 3.05) is 47.9 Å². The Morgan fingerprint density at radius 1 is 0.757 bits per heavy atom. The van der Waals surface area contributed by atoms with E-state index in [4.69, 9.17) is 23.7 Å². The van der Waals surface area contributed by atoms with Crippen molar-refractivity contribution in [2.45, 2.75) is 12.0 Å². The number of likely N-dealkylation sites (N-methyl/N-ethyl adjacent to an activating group) is 1. The van der Waals surface area contributed by atoms with Gasteiger partial charge in [-0.15, -0.1) is 0 Å². The van der Waals surface area contributed by atoms with E-state index in [2.05, 4.69) is 5.32 Å². The molecule has 2 atom stereocenters. The smallest absolute Gasteiger partial charge is 0.254 e. The lowest BCUT2D eigenvalue weighted by Crippen LogP contribution is -2.44. The molecule has 194 valence electrons. The number of rotatable bonds is 8. The minimum absolute atomic E-state index is 0.236. The fraction of sp³-hybridized carbons (Fsp3) is 0.286. The lowest BCUT2D eigenvalue weighted by molar-refractivity contribution is -0.119. The van der Waals surface area contributed by atoms with Crippen LogP contribution in [0.4, 0.5) is 5.69 Å². The van der Waals surface area contributed by atoms with Gasteiger partial charge in [-0.25, -0.2) is 0 Å². The monoisotopic (exact) mass is 506 g/mol. The van der Waals surface area contributed by atoms with Gasteiger partial charge in [-0.05, 0) is 47.5 Å². The van der Waals surface area contributed by atoms with Gasteiger partial charge < -0.3 is 33.9 Å². The second kappa shape index (κ2) is 10.7. The van der Waals surface area contributed by atoms with Crippen LogP contribution in [0.3, 0.4) is 0 Å². The van der Waals surface area contributed by atoms with E-state index >= 15 is 0 Å². The molecule has 0 saturated heterocycles. The molecule has 3 aromatic rings. The molecule has 1 aliphatic heterocycles. The number of carbonyl (C=O) groups excluding carboxylic acids is 2. The maximum absolute atomic E-state index is 14.1. The van der Waals surface area contributed by atoms with Crippen LogP contribution in [0.25, 0.3) is 0 Å². The van der Waals surface area contributed by atoms with Gasteiger partial charge in [-0.1, -0.05) is 12.1 Å². The molecule has 0 saturated carbocycles.